The van der Waals surface area contributed by atoms with E-state index in [0.717, 1.165) is 44.6 Å². The Morgan fingerprint density at radius 1 is 0.804 bits per heavy atom. The van der Waals surface area contributed by atoms with Crippen LogP contribution in [0, 0.1) is 0 Å². The molecule has 6 aromatic rings. The Balaban J connectivity index is 1.18. The normalized spacial score (nSPS) is 21.8. The first-order valence-corrected chi connectivity index (χ1v) is 15.3. The Labute approximate surface area is 264 Å². The zero-order valence-corrected chi connectivity index (χ0v) is 24.9. The van der Waals surface area contributed by atoms with Gasteiger partial charge in [-0.3, -0.25) is 14.5 Å². The van der Waals surface area contributed by atoms with Gasteiger partial charge in [0.2, 0.25) is 0 Å². The van der Waals surface area contributed by atoms with Gasteiger partial charge in [0.05, 0.1) is 33.7 Å². The highest BCUT2D eigenvalue weighted by Gasteiger charge is 2.60. The summed E-state index contributed by atoms with van der Waals surface area (Å²) in [6, 6.07) is 29.0. The van der Waals surface area contributed by atoms with Gasteiger partial charge in [-0.2, -0.15) is 9.61 Å². The number of aromatic nitrogens is 4. The molecular weight excluding hydrogens is 574 g/mol. The van der Waals surface area contributed by atoms with Gasteiger partial charge in [-0.1, -0.05) is 85.0 Å². The average Bonchev–Trinajstić information content (AvgIpc) is 3.57. The smallest absolute Gasteiger partial charge is 0.262 e. The Morgan fingerprint density at radius 3 is 2.11 bits per heavy atom. The van der Waals surface area contributed by atoms with Gasteiger partial charge in [-0.05, 0) is 36.2 Å². The third-order valence-electron chi connectivity index (χ3n) is 9.45. The lowest BCUT2D eigenvalue weighted by Gasteiger charge is -2.55. The fourth-order valence-corrected chi connectivity index (χ4v) is 7.32. The quantitative estimate of drug-likeness (QED) is 0.224. The van der Waals surface area contributed by atoms with Crippen molar-refractivity contribution >= 4 is 34.1 Å². The number of carbonyl (C=O) groups excluding carboxylic acids is 2. The van der Waals surface area contributed by atoms with Crippen molar-refractivity contribution in [2.45, 2.75) is 30.9 Å². The van der Waals surface area contributed by atoms with Crippen LogP contribution >= 0.6 is 0 Å². The number of fused-ring (bicyclic) bond motifs is 4. The van der Waals surface area contributed by atoms with E-state index in [-0.39, 0.29) is 24.7 Å². The van der Waals surface area contributed by atoms with Gasteiger partial charge >= 0.3 is 0 Å². The molecule has 9 rings (SSSR count). The number of hydrogen-bond acceptors (Lipinski definition) is 6. The van der Waals surface area contributed by atoms with Gasteiger partial charge in [0.25, 0.3) is 11.8 Å². The minimum Gasteiger partial charge on any atom is -0.390 e. The highest BCUT2D eigenvalue weighted by molar-refractivity contribution is 6.22. The number of amides is 2. The van der Waals surface area contributed by atoms with Gasteiger partial charge in [0.1, 0.15) is 0 Å². The zero-order valence-electron chi connectivity index (χ0n) is 24.9. The number of hydrogen-bond donors (Lipinski definition) is 1. The topological polar surface area (TPSA) is 101 Å². The molecule has 2 amide bonds. The molecule has 0 saturated heterocycles. The van der Waals surface area contributed by atoms with Gasteiger partial charge in [0, 0.05) is 47.2 Å². The maximum atomic E-state index is 13.6. The average molecular weight is 602 g/mol. The molecule has 1 N–H and O–H groups in total. The van der Waals surface area contributed by atoms with Crippen LogP contribution in [-0.4, -0.2) is 47.0 Å². The number of imide groups is 1. The molecule has 3 aromatic carbocycles. The summed E-state index contributed by atoms with van der Waals surface area (Å²) < 4.78 is 1.79. The monoisotopic (exact) mass is 601 g/mol. The molecule has 8 nitrogen and oxygen atoms in total. The molecule has 1 saturated carbocycles. The number of allylic oxidation sites excluding steroid dienone is 4. The lowest BCUT2D eigenvalue weighted by atomic mass is 9.61. The molecule has 8 heteroatoms. The minimum atomic E-state index is -0.998. The molecule has 3 aliphatic rings. The number of aliphatic hydroxyl groups is 1. The van der Waals surface area contributed by atoms with E-state index in [0.29, 0.717) is 22.4 Å². The number of pyridine rings is 1. The maximum absolute atomic E-state index is 13.6. The predicted molar refractivity (Wildman–Crippen MR) is 175 cm³/mol. The van der Waals surface area contributed by atoms with E-state index in [1.54, 1.807) is 35.7 Å². The third kappa shape index (κ3) is 3.80. The summed E-state index contributed by atoms with van der Waals surface area (Å²) in [5.74, 6) is -0.654. The van der Waals surface area contributed by atoms with Gasteiger partial charge < -0.3 is 5.11 Å². The van der Waals surface area contributed by atoms with Crippen molar-refractivity contribution in [1.29, 1.82) is 0 Å². The number of rotatable bonds is 5. The molecule has 2 aliphatic carbocycles. The predicted octanol–water partition coefficient (Wildman–Crippen LogP) is 6.60. The second-order valence-corrected chi connectivity index (χ2v) is 12.7. The SMILES string of the molecule is CC1(O)CC(c2ccc(-c3nc4c(cnc5cc(C6=CC=C6)nn54)cc3-c3ccccc3)cc2)(N2C(=O)c3ccccc3C2=O)C1. The van der Waals surface area contributed by atoms with E-state index in [1.807, 2.05) is 73.0 Å². The zero-order chi connectivity index (χ0) is 31.2. The molecular formula is C38H27N5O3. The fraction of sp³-hybridized carbons (Fsp3) is 0.132. The lowest BCUT2D eigenvalue weighted by molar-refractivity contribution is -0.118. The Morgan fingerprint density at radius 2 is 1.48 bits per heavy atom. The molecule has 0 radical (unpaired) electrons. The van der Waals surface area contributed by atoms with Crippen molar-refractivity contribution in [3.63, 3.8) is 0 Å². The molecule has 222 valence electrons. The van der Waals surface area contributed by atoms with Crippen LogP contribution in [0.1, 0.15) is 51.7 Å². The van der Waals surface area contributed by atoms with Crippen LogP contribution in [0.3, 0.4) is 0 Å². The summed E-state index contributed by atoms with van der Waals surface area (Å²) in [5.41, 5.74) is 6.54. The summed E-state index contributed by atoms with van der Waals surface area (Å²) in [6.07, 6.45) is 8.38. The first-order valence-electron chi connectivity index (χ1n) is 15.3. The largest absolute Gasteiger partial charge is 0.390 e. The van der Waals surface area contributed by atoms with E-state index in [9.17, 15) is 14.7 Å². The molecule has 0 unspecified atom stereocenters. The fourth-order valence-electron chi connectivity index (χ4n) is 7.32. The standard InChI is InChI=1S/C38H27N5O3/c1-37(46)21-38(22-37,42-35(44)28-12-5-6-13-29(28)36(42)45)27-16-14-25(15-17-27)33-30(23-8-3-2-4-9-23)18-26-20-39-32-19-31(24-10-7-11-24)41-43(32)34(26)40-33/h2-20,46H,21-22H2,1H3. The van der Waals surface area contributed by atoms with Crippen LogP contribution in [0.2, 0.25) is 0 Å². The first kappa shape index (κ1) is 26.7. The molecule has 1 aliphatic heterocycles. The van der Waals surface area contributed by atoms with Gasteiger partial charge in [0.15, 0.2) is 11.3 Å². The summed E-state index contributed by atoms with van der Waals surface area (Å²) in [5, 5.41) is 16.6. The molecule has 0 atom stereocenters. The van der Waals surface area contributed by atoms with Crippen LogP contribution in [0.25, 0.3) is 44.6 Å². The highest BCUT2D eigenvalue weighted by Crippen LogP contribution is 2.54. The second-order valence-electron chi connectivity index (χ2n) is 12.7. The first-order chi connectivity index (χ1) is 22.3. The molecule has 0 bridgehead atoms. The van der Waals surface area contributed by atoms with Crippen molar-refractivity contribution in [3.05, 3.63) is 138 Å². The summed E-state index contributed by atoms with van der Waals surface area (Å²) in [6.45, 7) is 1.75. The van der Waals surface area contributed by atoms with Crippen molar-refractivity contribution in [1.82, 2.24) is 24.5 Å². The van der Waals surface area contributed by atoms with E-state index >= 15 is 0 Å². The molecule has 1 fully saturated rings. The number of nitrogens with zero attached hydrogens (tertiary/aromatic N) is 5. The Hall–Kier alpha value is -5.73. The third-order valence-corrected chi connectivity index (χ3v) is 9.45. The van der Waals surface area contributed by atoms with E-state index < -0.39 is 11.1 Å². The highest BCUT2D eigenvalue weighted by atomic mass is 16.3. The van der Waals surface area contributed by atoms with Crippen molar-refractivity contribution in [2.75, 3.05) is 0 Å². The van der Waals surface area contributed by atoms with Crippen molar-refractivity contribution in [3.8, 4) is 22.4 Å². The molecule has 46 heavy (non-hydrogen) atoms. The molecule has 3 aromatic heterocycles. The molecule has 4 heterocycles. The summed E-state index contributed by atoms with van der Waals surface area (Å²) in [4.78, 5) is 38.5. The maximum Gasteiger partial charge on any atom is 0.262 e. The Bertz CT molecular complexity index is 2290. The van der Waals surface area contributed by atoms with Crippen molar-refractivity contribution in [2.24, 2.45) is 0 Å². The van der Waals surface area contributed by atoms with Gasteiger partial charge in [-0.25, -0.2) is 9.97 Å². The second kappa shape index (κ2) is 9.39. The summed E-state index contributed by atoms with van der Waals surface area (Å²) in [7, 11) is 0. The van der Waals surface area contributed by atoms with E-state index in [4.69, 9.17) is 10.1 Å². The van der Waals surface area contributed by atoms with Gasteiger partial charge in [-0.15, -0.1) is 0 Å². The molecule has 0 spiro atoms. The number of benzene rings is 3. The van der Waals surface area contributed by atoms with Crippen LogP contribution in [0.15, 0.2) is 115 Å². The van der Waals surface area contributed by atoms with Crippen molar-refractivity contribution < 1.29 is 14.7 Å². The number of carbonyl (C=O) groups is 2. The minimum absolute atomic E-state index is 0.256. The Kier molecular flexibility index (Phi) is 5.44. The van der Waals surface area contributed by atoms with Crippen LogP contribution in [0.4, 0.5) is 0 Å². The lowest BCUT2D eigenvalue weighted by Crippen LogP contribution is -2.63. The van der Waals surface area contributed by atoms with Crippen LogP contribution in [0.5, 0.6) is 0 Å². The summed E-state index contributed by atoms with van der Waals surface area (Å²) >= 11 is 0. The van der Waals surface area contributed by atoms with Crippen LogP contribution in [-0.2, 0) is 5.54 Å². The van der Waals surface area contributed by atoms with E-state index in [1.165, 1.54) is 4.90 Å². The van der Waals surface area contributed by atoms with Crippen LogP contribution < -0.4 is 0 Å². The van der Waals surface area contributed by atoms with E-state index in [2.05, 4.69) is 23.2 Å².